The minimum Gasteiger partial charge on any atom is -0.289 e. The fourth-order valence-corrected chi connectivity index (χ4v) is 3.69. The van der Waals surface area contributed by atoms with Crippen molar-refractivity contribution in [3.63, 3.8) is 0 Å². The second kappa shape index (κ2) is 4.43. The van der Waals surface area contributed by atoms with Crippen LogP contribution >= 0.6 is 11.3 Å². The van der Waals surface area contributed by atoms with Gasteiger partial charge in [0.2, 0.25) is 0 Å². The van der Waals surface area contributed by atoms with E-state index in [-0.39, 0.29) is 5.78 Å². The maximum absolute atomic E-state index is 12.4. The van der Waals surface area contributed by atoms with Crippen LogP contribution in [-0.4, -0.2) is 5.78 Å². The van der Waals surface area contributed by atoms with Crippen molar-refractivity contribution in [3.05, 3.63) is 76.2 Å². The Bertz CT molecular complexity index is 854. The molecule has 1 aromatic heterocycles. The molecule has 1 nitrogen and oxygen atoms in total. The Balaban J connectivity index is 1.81. The molecule has 0 unspecified atom stereocenters. The first-order valence-corrected chi connectivity index (χ1v) is 7.50. The Hall–Kier alpha value is -2.19. The van der Waals surface area contributed by atoms with E-state index in [1.165, 1.54) is 10.1 Å². The summed E-state index contributed by atoms with van der Waals surface area (Å²) in [5.74, 6) is 0.177. The molecule has 0 N–H and O–H groups in total. The Morgan fingerprint density at radius 2 is 1.80 bits per heavy atom. The summed E-state index contributed by atoms with van der Waals surface area (Å²) in [4.78, 5) is 12.4. The average Bonchev–Trinajstić information content (AvgIpc) is 3.03. The molecule has 1 heterocycles. The topological polar surface area (TPSA) is 17.1 Å². The molecule has 0 amide bonds. The van der Waals surface area contributed by atoms with E-state index in [1.807, 2.05) is 36.4 Å². The summed E-state index contributed by atoms with van der Waals surface area (Å²) in [5.41, 5.74) is 4.05. The highest BCUT2D eigenvalue weighted by atomic mass is 32.1. The van der Waals surface area contributed by atoms with Gasteiger partial charge in [0.05, 0.1) is 0 Å². The molecule has 0 atom stereocenters. The first kappa shape index (κ1) is 11.6. The van der Waals surface area contributed by atoms with Gasteiger partial charge in [0.15, 0.2) is 5.78 Å². The highest BCUT2D eigenvalue weighted by Gasteiger charge is 2.24. The number of carbonyl (C=O) groups excluding carboxylic acids is 1. The van der Waals surface area contributed by atoms with Crippen LogP contribution in [0.4, 0.5) is 0 Å². The number of allylic oxidation sites excluding steroid dienone is 1. The lowest BCUT2D eigenvalue weighted by atomic mass is 10.1. The Morgan fingerprint density at radius 1 is 1.00 bits per heavy atom. The van der Waals surface area contributed by atoms with Crippen molar-refractivity contribution < 1.29 is 4.79 Å². The van der Waals surface area contributed by atoms with E-state index in [0.717, 1.165) is 28.7 Å². The first-order chi connectivity index (χ1) is 9.83. The van der Waals surface area contributed by atoms with Crippen molar-refractivity contribution in [3.8, 4) is 0 Å². The summed E-state index contributed by atoms with van der Waals surface area (Å²) in [6.45, 7) is 0. The molecule has 4 rings (SSSR count). The summed E-state index contributed by atoms with van der Waals surface area (Å²) in [6, 6.07) is 16.2. The van der Waals surface area contributed by atoms with Gasteiger partial charge in [-0.15, -0.1) is 11.3 Å². The minimum absolute atomic E-state index is 0.177. The fraction of sp³-hybridized carbons (Fsp3) is 0.0556. The van der Waals surface area contributed by atoms with E-state index in [4.69, 9.17) is 0 Å². The van der Waals surface area contributed by atoms with Crippen LogP contribution in [0.2, 0.25) is 0 Å². The van der Waals surface area contributed by atoms with E-state index in [0.29, 0.717) is 0 Å². The third-order valence-corrected chi connectivity index (χ3v) is 4.76. The van der Waals surface area contributed by atoms with Gasteiger partial charge in [-0.3, -0.25) is 4.79 Å². The quantitative estimate of drug-likeness (QED) is 0.587. The zero-order valence-electron chi connectivity index (χ0n) is 10.8. The van der Waals surface area contributed by atoms with E-state index in [1.54, 1.807) is 11.3 Å². The van der Waals surface area contributed by atoms with Gasteiger partial charge in [-0.1, -0.05) is 42.5 Å². The van der Waals surface area contributed by atoms with Gasteiger partial charge in [-0.25, -0.2) is 0 Å². The lowest BCUT2D eigenvalue weighted by molar-refractivity contribution is 0.104. The van der Waals surface area contributed by atoms with Crippen LogP contribution in [0.25, 0.3) is 16.2 Å². The summed E-state index contributed by atoms with van der Waals surface area (Å²) in [5, 5.41) is 3.36. The molecular weight excluding hydrogens is 264 g/mol. The van der Waals surface area contributed by atoms with Crippen LogP contribution in [0.3, 0.4) is 0 Å². The SMILES string of the molecule is O=C1C(=Cc2csc3ccccc23)Cc2ccccc21. The van der Waals surface area contributed by atoms with Gasteiger partial charge in [0.1, 0.15) is 0 Å². The van der Waals surface area contributed by atoms with Gasteiger partial charge >= 0.3 is 0 Å². The van der Waals surface area contributed by atoms with Crippen LogP contribution in [-0.2, 0) is 6.42 Å². The lowest BCUT2D eigenvalue weighted by Crippen LogP contribution is -1.94. The number of rotatable bonds is 1. The van der Waals surface area contributed by atoms with E-state index in [2.05, 4.69) is 23.6 Å². The largest absolute Gasteiger partial charge is 0.289 e. The molecule has 0 saturated heterocycles. The molecule has 96 valence electrons. The third kappa shape index (κ3) is 1.73. The van der Waals surface area contributed by atoms with Crippen LogP contribution in [0.1, 0.15) is 21.5 Å². The number of fused-ring (bicyclic) bond motifs is 2. The second-order valence-corrected chi connectivity index (χ2v) is 5.93. The van der Waals surface area contributed by atoms with Crippen molar-refractivity contribution in [1.82, 2.24) is 0 Å². The number of benzene rings is 2. The number of ketones is 1. The molecule has 20 heavy (non-hydrogen) atoms. The van der Waals surface area contributed by atoms with Crippen molar-refractivity contribution in [2.75, 3.05) is 0 Å². The van der Waals surface area contributed by atoms with E-state index < -0.39 is 0 Å². The molecule has 3 aromatic rings. The van der Waals surface area contributed by atoms with Crippen molar-refractivity contribution >= 4 is 33.3 Å². The van der Waals surface area contributed by atoms with Gasteiger partial charge in [0.25, 0.3) is 0 Å². The Kier molecular flexibility index (Phi) is 2.57. The van der Waals surface area contributed by atoms with Gasteiger partial charge in [0, 0.05) is 22.3 Å². The average molecular weight is 276 g/mol. The summed E-state index contributed by atoms with van der Waals surface area (Å²) in [7, 11) is 0. The maximum atomic E-state index is 12.4. The van der Waals surface area contributed by atoms with Crippen molar-refractivity contribution in [1.29, 1.82) is 0 Å². The number of hydrogen-bond donors (Lipinski definition) is 0. The molecule has 0 aliphatic heterocycles. The van der Waals surface area contributed by atoms with E-state index >= 15 is 0 Å². The normalized spacial score (nSPS) is 16.0. The molecule has 0 fully saturated rings. The molecule has 2 heteroatoms. The molecule has 2 aromatic carbocycles. The standard InChI is InChI=1S/C18H12OS/c19-18-13(9-12-5-1-2-7-16(12)18)10-14-11-20-17-8-4-3-6-15(14)17/h1-8,10-11H,9H2. The lowest BCUT2D eigenvalue weighted by Gasteiger charge is -1.95. The van der Waals surface area contributed by atoms with Crippen LogP contribution in [0, 0.1) is 0 Å². The molecule has 1 aliphatic carbocycles. The zero-order chi connectivity index (χ0) is 13.5. The fourth-order valence-electron chi connectivity index (χ4n) is 2.77. The molecule has 0 spiro atoms. The number of carbonyl (C=O) groups is 1. The predicted octanol–water partition coefficient (Wildman–Crippen LogP) is 4.72. The predicted molar refractivity (Wildman–Crippen MR) is 84.3 cm³/mol. The smallest absolute Gasteiger partial charge is 0.189 e. The molecule has 0 saturated carbocycles. The van der Waals surface area contributed by atoms with Gasteiger partial charge in [-0.05, 0) is 34.0 Å². The molecule has 1 aliphatic rings. The summed E-state index contributed by atoms with van der Waals surface area (Å²) >= 11 is 1.73. The number of thiophene rings is 1. The van der Waals surface area contributed by atoms with Gasteiger partial charge in [-0.2, -0.15) is 0 Å². The van der Waals surface area contributed by atoms with Crippen molar-refractivity contribution in [2.24, 2.45) is 0 Å². The highest BCUT2D eigenvalue weighted by molar-refractivity contribution is 7.17. The Morgan fingerprint density at radius 3 is 2.70 bits per heavy atom. The second-order valence-electron chi connectivity index (χ2n) is 5.02. The van der Waals surface area contributed by atoms with Crippen LogP contribution < -0.4 is 0 Å². The number of hydrogen-bond acceptors (Lipinski definition) is 2. The number of Topliss-reactive ketones (excluding diaryl/α,β-unsaturated/α-hetero) is 1. The Labute approximate surface area is 121 Å². The van der Waals surface area contributed by atoms with Crippen molar-refractivity contribution in [2.45, 2.75) is 6.42 Å². The molecular formula is C18H12OS. The minimum atomic E-state index is 0.177. The zero-order valence-corrected chi connectivity index (χ0v) is 11.6. The maximum Gasteiger partial charge on any atom is 0.189 e. The van der Waals surface area contributed by atoms with E-state index in [9.17, 15) is 4.79 Å². The van der Waals surface area contributed by atoms with Crippen LogP contribution in [0.5, 0.6) is 0 Å². The first-order valence-electron chi connectivity index (χ1n) is 6.62. The molecule has 0 radical (unpaired) electrons. The summed E-state index contributed by atoms with van der Waals surface area (Å²) < 4.78 is 1.27. The molecule has 0 bridgehead atoms. The monoisotopic (exact) mass is 276 g/mol. The highest BCUT2D eigenvalue weighted by Crippen LogP contribution is 2.31. The van der Waals surface area contributed by atoms with Gasteiger partial charge < -0.3 is 0 Å². The third-order valence-electron chi connectivity index (χ3n) is 3.78. The van der Waals surface area contributed by atoms with Crippen LogP contribution in [0.15, 0.2) is 59.5 Å². The summed E-state index contributed by atoms with van der Waals surface area (Å²) in [6.07, 6.45) is 2.81.